The quantitative estimate of drug-likeness (QED) is 0.242. The van der Waals surface area contributed by atoms with Crippen molar-refractivity contribution < 1.29 is 54.3 Å². The van der Waals surface area contributed by atoms with E-state index in [-0.39, 0.29) is 6.10 Å². The van der Waals surface area contributed by atoms with Crippen LogP contribution in [0.1, 0.15) is 20.3 Å². The number of hydrogen-bond acceptors (Lipinski definition) is 11. The summed E-state index contributed by atoms with van der Waals surface area (Å²) in [4.78, 5) is 0. The Labute approximate surface area is 163 Å². The first-order valence-electron chi connectivity index (χ1n) is 9.37. The maximum Gasteiger partial charge on any atom is 0.187 e. The molecule has 0 aromatic rings. The Morgan fingerprint density at radius 3 is 1.86 bits per heavy atom. The van der Waals surface area contributed by atoms with Gasteiger partial charge in [-0.05, 0) is 13.3 Å². The molecule has 0 aromatic carbocycles. The van der Waals surface area contributed by atoms with Gasteiger partial charge in [-0.15, -0.1) is 0 Å². The number of aliphatic hydroxyl groups is 6. The van der Waals surface area contributed by atoms with Gasteiger partial charge < -0.3 is 54.3 Å². The summed E-state index contributed by atoms with van der Waals surface area (Å²) in [7, 11) is 1.27. The molecule has 6 N–H and O–H groups in total. The molecule has 11 atom stereocenters. The normalized spacial score (nSPS) is 45.8. The third kappa shape index (κ3) is 4.99. The number of ether oxygens (including phenoxy) is 5. The highest BCUT2D eigenvalue weighted by Crippen LogP contribution is 2.30. The van der Waals surface area contributed by atoms with Crippen LogP contribution in [0.15, 0.2) is 0 Å². The lowest BCUT2D eigenvalue weighted by atomic mass is 9.96. The van der Waals surface area contributed by atoms with Crippen molar-refractivity contribution in [2.45, 2.75) is 87.8 Å². The molecule has 0 aliphatic carbocycles. The first kappa shape index (κ1) is 23.8. The molecule has 0 spiro atoms. The molecule has 28 heavy (non-hydrogen) atoms. The van der Waals surface area contributed by atoms with Gasteiger partial charge in [0.15, 0.2) is 12.6 Å². The summed E-state index contributed by atoms with van der Waals surface area (Å²) >= 11 is 0. The second-order valence-electron chi connectivity index (χ2n) is 7.07. The first-order chi connectivity index (χ1) is 13.3. The predicted octanol–water partition coefficient (Wildman–Crippen LogP) is -2.92. The number of methoxy groups -OCH3 is 1. The largest absolute Gasteiger partial charge is 0.394 e. The van der Waals surface area contributed by atoms with Crippen molar-refractivity contribution in [3.63, 3.8) is 0 Å². The van der Waals surface area contributed by atoms with E-state index in [1.54, 1.807) is 6.92 Å². The van der Waals surface area contributed by atoms with Crippen molar-refractivity contribution in [2.75, 3.05) is 20.3 Å². The molecule has 2 rings (SSSR count). The summed E-state index contributed by atoms with van der Waals surface area (Å²) < 4.78 is 27.0. The van der Waals surface area contributed by atoms with Gasteiger partial charge in [-0.25, -0.2) is 0 Å². The maximum atomic E-state index is 10.4. The minimum absolute atomic E-state index is 0.240. The van der Waals surface area contributed by atoms with Crippen molar-refractivity contribution in [3.05, 3.63) is 0 Å². The number of rotatable bonds is 8. The van der Waals surface area contributed by atoms with Gasteiger partial charge in [-0.3, -0.25) is 0 Å². The van der Waals surface area contributed by atoms with Crippen LogP contribution < -0.4 is 0 Å². The summed E-state index contributed by atoms with van der Waals surface area (Å²) in [5.74, 6) is 0. The topological polar surface area (TPSA) is 168 Å². The summed E-state index contributed by atoms with van der Waals surface area (Å²) in [5.41, 5.74) is 0. The van der Waals surface area contributed by atoms with Crippen molar-refractivity contribution in [1.29, 1.82) is 0 Å². The molecular weight excluding hydrogens is 380 g/mol. The number of aliphatic hydroxyl groups excluding tert-OH is 6. The summed E-state index contributed by atoms with van der Waals surface area (Å²) in [5, 5.41) is 60.4. The van der Waals surface area contributed by atoms with Gasteiger partial charge in [0.05, 0.1) is 19.3 Å². The lowest BCUT2D eigenvalue weighted by Crippen LogP contribution is -2.65. The van der Waals surface area contributed by atoms with Crippen LogP contribution in [-0.2, 0) is 23.7 Å². The molecule has 11 unspecified atom stereocenters. The molecule has 2 fully saturated rings. The fourth-order valence-corrected chi connectivity index (χ4v) is 3.27. The third-order valence-corrected chi connectivity index (χ3v) is 5.13. The molecule has 2 heterocycles. The molecule has 11 heteroatoms. The minimum atomic E-state index is -1.57. The van der Waals surface area contributed by atoms with Crippen molar-refractivity contribution in [1.82, 2.24) is 0 Å². The van der Waals surface area contributed by atoms with E-state index in [0.29, 0.717) is 6.42 Å². The van der Waals surface area contributed by atoms with Gasteiger partial charge >= 0.3 is 0 Å². The van der Waals surface area contributed by atoms with Crippen LogP contribution in [0.3, 0.4) is 0 Å². The Hall–Kier alpha value is -0.440. The Balaban J connectivity index is 2.12. The Bertz CT molecular complexity index is 462. The molecule has 2 saturated heterocycles. The second-order valence-corrected chi connectivity index (χ2v) is 7.07. The zero-order chi connectivity index (χ0) is 21.0. The average molecular weight is 412 g/mol. The highest BCUT2D eigenvalue weighted by molar-refractivity contribution is 4.94. The van der Waals surface area contributed by atoms with Crippen LogP contribution in [0.2, 0.25) is 0 Å². The molecule has 166 valence electrons. The fraction of sp³-hybridized carbons (Fsp3) is 1.00. The van der Waals surface area contributed by atoms with Gasteiger partial charge in [0, 0.05) is 7.11 Å². The van der Waals surface area contributed by atoms with Gasteiger partial charge in [-0.2, -0.15) is 0 Å². The van der Waals surface area contributed by atoms with E-state index in [0.717, 1.165) is 0 Å². The standard InChI is InChI=1S/C17H32O11/c1-4-7(2)25-14-8(5-18)27-17(13(23)11(14)21)28-15-9(6-19)26-16(24-3)12(22)10(15)20/h7-23H,4-6H2,1-3H3. The molecule has 11 nitrogen and oxygen atoms in total. The molecule has 0 radical (unpaired) electrons. The Kier molecular flexibility index (Phi) is 8.98. The van der Waals surface area contributed by atoms with Gasteiger partial charge in [0.1, 0.15) is 48.8 Å². The number of hydrogen-bond donors (Lipinski definition) is 6. The van der Waals surface area contributed by atoms with E-state index >= 15 is 0 Å². The van der Waals surface area contributed by atoms with Crippen LogP contribution in [0, 0.1) is 0 Å². The van der Waals surface area contributed by atoms with Gasteiger partial charge in [0.2, 0.25) is 0 Å². The monoisotopic (exact) mass is 412 g/mol. The van der Waals surface area contributed by atoms with E-state index in [9.17, 15) is 30.6 Å². The molecule has 2 aliphatic rings. The van der Waals surface area contributed by atoms with E-state index in [2.05, 4.69) is 0 Å². The lowest BCUT2D eigenvalue weighted by molar-refractivity contribution is -0.361. The van der Waals surface area contributed by atoms with Crippen LogP contribution >= 0.6 is 0 Å². The van der Waals surface area contributed by atoms with E-state index < -0.39 is 74.6 Å². The van der Waals surface area contributed by atoms with E-state index in [4.69, 9.17) is 23.7 Å². The van der Waals surface area contributed by atoms with Gasteiger partial charge in [-0.1, -0.05) is 6.92 Å². The fourth-order valence-electron chi connectivity index (χ4n) is 3.27. The maximum absolute atomic E-state index is 10.4. The molecule has 0 amide bonds. The highest BCUT2D eigenvalue weighted by atomic mass is 16.7. The predicted molar refractivity (Wildman–Crippen MR) is 92.0 cm³/mol. The highest BCUT2D eigenvalue weighted by Gasteiger charge is 2.51. The van der Waals surface area contributed by atoms with Gasteiger partial charge in [0.25, 0.3) is 0 Å². The minimum Gasteiger partial charge on any atom is -0.394 e. The molecular formula is C17H32O11. The molecule has 2 aliphatic heterocycles. The smallest absolute Gasteiger partial charge is 0.187 e. The second kappa shape index (κ2) is 10.5. The van der Waals surface area contributed by atoms with Crippen molar-refractivity contribution >= 4 is 0 Å². The Morgan fingerprint density at radius 2 is 1.32 bits per heavy atom. The Morgan fingerprint density at radius 1 is 0.821 bits per heavy atom. The lowest BCUT2D eigenvalue weighted by Gasteiger charge is -2.46. The van der Waals surface area contributed by atoms with Crippen molar-refractivity contribution in [3.8, 4) is 0 Å². The van der Waals surface area contributed by atoms with Crippen LogP contribution in [0.5, 0.6) is 0 Å². The first-order valence-corrected chi connectivity index (χ1v) is 9.37. The van der Waals surface area contributed by atoms with E-state index in [1.165, 1.54) is 7.11 Å². The van der Waals surface area contributed by atoms with Crippen LogP contribution in [0.4, 0.5) is 0 Å². The molecule has 0 bridgehead atoms. The zero-order valence-electron chi connectivity index (χ0n) is 16.2. The van der Waals surface area contributed by atoms with Crippen LogP contribution in [0.25, 0.3) is 0 Å². The third-order valence-electron chi connectivity index (χ3n) is 5.13. The SMILES string of the molecule is CCC(C)OC1C(CO)OC(OC2C(CO)OC(OC)C(O)C2O)C(O)C1O. The summed E-state index contributed by atoms with van der Waals surface area (Å²) in [6, 6.07) is 0. The van der Waals surface area contributed by atoms with Crippen molar-refractivity contribution in [2.24, 2.45) is 0 Å². The average Bonchev–Trinajstić information content (AvgIpc) is 2.70. The zero-order valence-corrected chi connectivity index (χ0v) is 16.2. The summed E-state index contributed by atoms with van der Waals surface area (Å²) in [6.07, 6.45) is -12.6. The van der Waals surface area contributed by atoms with E-state index in [1.807, 2.05) is 6.92 Å². The van der Waals surface area contributed by atoms with Crippen LogP contribution in [-0.4, -0.2) is 118 Å². The molecule has 0 saturated carbocycles. The summed E-state index contributed by atoms with van der Waals surface area (Å²) in [6.45, 7) is 2.59. The molecule has 0 aromatic heterocycles.